The number of carbonyl (C=O) groups excluding carboxylic acids is 1. The highest BCUT2D eigenvalue weighted by Gasteiger charge is 2.49. The lowest BCUT2D eigenvalue weighted by molar-refractivity contribution is -0.119. The third-order valence-electron chi connectivity index (χ3n) is 30.4. The zero-order valence-electron chi connectivity index (χ0n) is 85.0. The Morgan fingerprint density at radius 2 is 0.710 bits per heavy atom. The van der Waals surface area contributed by atoms with Gasteiger partial charge in [-0.05, 0) is 159 Å². The zero-order valence-corrected chi connectivity index (χ0v) is 85.8. The number of rotatable bonds is 34. The Bertz CT molecular complexity index is 6590. The van der Waals surface area contributed by atoms with E-state index in [9.17, 15) is 32.2 Å². The molecule has 8 aliphatic heterocycles. The number of aliphatic hydroxyl groups excluding tert-OH is 2. The van der Waals surface area contributed by atoms with E-state index in [1.165, 1.54) is 52.5 Å². The predicted octanol–water partition coefficient (Wildman–Crippen LogP) is 21.0. The van der Waals surface area contributed by atoms with Crippen LogP contribution in [-0.4, -0.2) is 255 Å². The van der Waals surface area contributed by atoms with E-state index in [0.717, 1.165) is 213 Å². The number of para-hydroxylation sites is 4. The maximum absolute atomic E-state index is 15.9. The molecule has 32 heteroatoms. The summed E-state index contributed by atoms with van der Waals surface area (Å²) in [5, 5.41) is 23.2. The number of carbonyl (C=O) groups is 1. The van der Waals surface area contributed by atoms with Crippen molar-refractivity contribution in [1.82, 2.24) is 58.5 Å². The van der Waals surface area contributed by atoms with Crippen LogP contribution in [-0.2, 0) is 40.5 Å². The summed E-state index contributed by atoms with van der Waals surface area (Å²) in [6.45, 7) is 32.3. The van der Waals surface area contributed by atoms with Crippen LogP contribution < -0.4 is 18.9 Å². The quantitative estimate of drug-likeness (QED) is 0.0207. The molecule has 0 saturated carbocycles. The Morgan fingerprint density at radius 1 is 0.407 bits per heavy atom. The highest BCUT2D eigenvalue weighted by molar-refractivity contribution is 7.89. The molecule has 0 spiro atoms. The van der Waals surface area contributed by atoms with Crippen LogP contribution in [0.1, 0.15) is 219 Å². The molecular formula is C113H138F10N12O9S. The number of Topliss-reactive ketones (excluding diaryl/α,β-unsaturated/α-hetero) is 1. The maximum atomic E-state index is 15.9. The molecule has 0 aliphatic carbocycles. The van der Waals surface area contributed by atoms with Crippen molar-refractivity contribution in [2.24, 2.45) is 11.3 Å². The number of benzene rings is 8. The SMILES string of the molecule is CCC1CN(CCOc2cc(F)c([C@@H]3c4[nH]c5ccccc5c4C[C@@H](C)N3CC(F)(F)CO)c(F)c2)C1.CCCCN1CC(Oc2cc(F)c([C@@H]3c4[nH]c5ccccc5c4C[C@@H](C)N3CC(C)(C)CO)c(F)c2)C1.CCCCN1CC(Oc2cc(F)c([C@@H]3c4[nH]c5ccccc5c4C[C@@H](C)N3CC(C)=O)c(F)c2)C1.CCCCN1CC(Oc2cc(F)c([C@@H]3c4[nH]c5ccccc5c4C[C@@H](C)N3S(=O)(=O)CC)c(F)c2)C1. The number of unbranched alkanes of at least 4 members (excludes halogenated alkanes) is 3. The van der Waals surface area contributed by atoms with Crippen molar-refractivity contribution < 1.29 is 86.3 Å². The first kappa shape index (κ1) is 106. The second-order valence-corrected chi connectivity index (χ2v) is 44.2. The summed E-state index contributed by atoms with van der Waals surface area (Å²) in [4.78, 5) is 40.0. The van der Waals surface area contributed by atoms with Crippen LogP contribution in [0.5, 0.6) is 23.0 Å². The van der Waals surface area contributed by atoms with Crippen LogP contribution >= 0.6 is 0 Å². The van der Waals surface area contributed by atoms with Gasteiger partial charge in [0.05, 0.1) is 43.0 Å². The van der Waals surface area contributed by atoms with Crippen molar-refractivity contribution in [3.63, 3.8) is 0 Å². The average Bonchev–Trinajstić information content (AvgIpc) is 1.63. The molecule has 8 aromatic carbocycles. The molecule has 4 aromatic heterocycles. The van der Waals surface area contributed by atoms with Crippen LogP contribution in [0.3, 0.4) is 0 Å². The van der Waals surface area contributed by atoms with Crippen molar-refractivity contribution in [2.45, 2.75) is 226 Å². The van der Waals surface area contributed by atoms with E-state index in [1.54, 1.807) is 20.8 Å². The molecule has 20 rings (SSSR count). The van der Waals surface area contributed by atoms with E-state index in [1.807, 2.05) is 117 Å². The minimum Gasteiger partial charge on any atom is -0.492 e. The highest BCUT2D eigenvalue weighted by Crippen LogP contribution is 2.51. The summed E-state index contributed by atoms with van der Waals surface area (Å²) < 4.78 is 205. The van der Waals surface area contributed by atoms with Gasteiger partial charge < -0.3 is 49.1 Å². The molecule has 0 bridgehead atoms. The number of aromatic amines is 4. The van der Waals surface area contributed by atoms with E-state index in [4.69, 9.17) is 18.9 Å². The summed E-state index contributed by atoms with van der Waals surface area (Å²) in [7, 11) is -3.78. The van der Waals surface area contributed by atoms with Crippen molar-refractivity contribution in [2.75, 3.05) is 124 Å². The largest absolute Gasteiger partial charge is 0.492 e. The van der Waals surface area contributed by atoms with Crippen LogP contribution in [0.15, 0.2) is 146 Å². The van der Waals surface area contributed by atoms with E-state index >= 15 is 35.1 Å². The number of sulfonamides is 1. The van der Waals surface area contributed by atoms with Gasteiger partial charge in [-0.25, -0.2) is 52.3 Å². The topological polar surface area (TPSA) is 218 Å². The van der Waals surface area contributed by atoms with Crippen molar-refractivity contribution in [1.29, 1.82) is 0 Å². The van der Waals surface area contributed by atoms with Gasteiger partial charge >= 0.3 is 0 Å². The third kappa shape index (κ3) is 22.8. The number of likely N-dealkylation sites (tertiary alicyclic amines) is 4. The number of hydrogen-bond acceptors (Lipinski definition) is 16. The van der Waals surface area contributed by atoms with Gasteiger partial charge in [0.1, 0.15) is 107 Å². The highest BCUT2D eigenvalue weighted by atomic mass is 32.2. The Labute approximate surface area is 843 Å². The molecular weight excluding hydrogens is 1890 g/mol. The Morgan fingerprint density at radius 3 is 1.03 bits per heavy atom. The van der Waals surface area contributed by atoms with Gasteiger partial charge in [0.15, 0.2) is 0 Å². The average molecular weight is 2030 g/mol. The number of nitrogens with zero attached hydrogens (tertiary/aromatic N) is 8. The molecule has 8 aliphatic rings. The minimum absolute atomic E-state index is 0.0170. The van der Waals surface area contributed by atoms with Crippen molar-refractivity contribution >= 4 is 59.4 Å². The monoisotopic (exact) mass is 2030 g/mol. The summed E-state index contributed by atoms with van der Waals surface area (Å²) in [6.07, 6.45) is 10.0. The molecule has 0 radical (unpaired) electrons. The second-order valence-electron chi connectivity index (χ2n) is 42.0. The fraction of sp³-hybridized carbons (Fsp3) is 0.496. The number of alkyl halides is 2. The fourth-order valence-corrected chi connectivity index (χ4v) is 24.1. The summed E-state index contributed by atoms with van der Waals surface area (Å²) >= 11 is 0. The number of halogens is 10. The number of H-pyrrole nitrogens is 4. The fourth-order valence-electron chi connectivity index (χ4n) is 22.7. The minimum atomic E-state index is -3.78. The summed E-state index contributed by atoms with van der Waals surface area (Å²) in [5.74, 6) is -8.15. The van der Waals surface area contributed by atoms with Crippen molar-refractivity contribution in [3.8, 4) is 23.0 Å². The van der Waals surface area contributed by atoms with Crippen LogP contribution in [0.2, 0.25) is 0 Å². The van der Waals surface area contributed by atoms with E-state index in [-0.39, 0.29) is 100 Å². The van der Waals surface area contributed by atoms with Gasteiger partial charge in [-0.1, -0.05) is 140 Å². The molecule has 145 heavy (non-hydrogen) atoms. The molecule has 8 atom stereocenters. The first-order valence-electron chi connectivity index (χ1n) is 51.7. The number of ether oxygens (including phenoxy) is 4. The molecule has 0 amide bonds. The predicted molar refractivity (Wildman–Crippen MR) is 547 cm³/mol. The lowest BCUT2D eigenvalue weighted by Gasteiger charge is -2.44. The normalized spacial score (nSPS) is 21.3. The molecule has 6 N–H and O–H groups in total. The van der Waals surface area contributed by atoms with Crippen LogP contribution in [0, 0.1) is 57.9 Å². The number of aromatic nitrogens is 4. The number of nitrogens with one attached hydrogen (secondary N) is 4. The standard InChI is InChI=1S/C30H39F2N3O2.C28H33F4N3O2.C28H33F2N3O2.C27H33F2N3O3S/c1-5-6-11-34-15-21(16-34)37-20-13-24(31)27(25(32)14-20)29-28-23(22-9-7-8-10-26(22)33-28)12-19(2)35(29)17-30(3,4)18-36;1-3-18-13-34(14-18)8-9-37-19-11-22(29)25(23(30)12-19)27-26-21(20-6-4-5-7-24(20)33-26)10-17(2)35(27)15-28(31,32)16-36;1-4-5-10-32-15-20(16-32)35-19-12-23(29)26(24(30)13-19)28-27-22(11-17(2)33(28)14-18(3)34)21-8-6-7-9-25(21)31-27;1-4-6-11-31-15-19(16-31)35-18-13-22(28)25(23(29)14-18)27-26-21(20-9-7-8-10-24(20)30-26)12-17(3)32(27)36(33,34)5-2/h7-10,13-14,19,21,29,33,36H,5-6,11-12,15-18H2,1-4H3;4-7,11-12,17-18,27,33,36H,3,8-10,13-16H2,1-2H3;6-9,12-13,17,20,28,31H,4-5,10-11,14-16H2,1-3H3;7-10,13-14,17,19,27,30H,4-6,11-12,15-16H2,1-3H3/t19-,29-;17-,27-;17-,28-;17-,27-/m1111/s1. The van der Waals surface area contributed by atoms with Crippen LogP contribution in [0.25, 0.3) is 43.6 Å². The van der Waals surface area contributed by atoms with Gasteiger partial charge in [-0.2, -0.15) is 4.31 Å². The first-order chi connectivity index (χ1) is 69.5. The number of aliphatic hydroxyl groups is 2. The molecule has 780 valence electrons. The van der Waals surface area contributed by atoms with Gasteiger partial charge in [0.25, 0.3) is 5.92 Å². The molecule has 21 nitrogen and oxygen atoms in total. The second kappa shape index (κ2) is 45.0. The van der Waals surface area contributed by atoms with Gasteiger partial charge in [-0.15, -0.1) is 0 Å². The lowest BCUT2D eigenvalue weighted by atomic mass is 9.84. The summed E-state index contributed by atoms with van der Waals surface area (Å²) in [5.41, 5.74) is 8.93. The third-order valence-corrected chi connectivity index (χ3v) is 32.3. The Hall–Kier alpha value is -10.4. The maximum Gasteiger partial charge on any atom is 0.283 e. The number of hydrogen-bond donors (Lipinski definition) is 6. The molecule has 12 aromatic rings. The van der Waals surface area contributed by atoms with Crippen LogP contribution in [0.4, 0.5) is 43.9 Å². The zero-order chi connectivity index (χ0) is 103. The van der Waals surface area contributed by atoms with Gasteiger partial charge in [-0.3, -0.25) is 39.1 Å². The molecule has 0 unspecified atom stereocenters. The first-order valence-corrected chi connectivity index (χ1v) is 53.3. The molecule has 4 saturated heterocycles. The Kier molecular flexibility index (Phi) is 32.9. The Balaban J connectivity index is 0.000000132. The van der Waals surface area contributed by atoms with E-state index in [2.05, 4.69) is 85.1 Å². The van der Waals surface area contributed by atoms with Gasteiger partial charge in [0, 0.05) is 239 Å². The molecule has 12 heterocycles. The summed E-state index contributed by atoms with van der Waals surface area (Å²) in [6, 6.07) is 36.4. The smallest absolute Gasteiger partial charge is 0.283 e. The molecule has 4 fully saturated rings. The van der Waals surface area contributed by atoms with E-state index < -0.39 is 117 Å². The van der Waals surface area contributed by atoms with E-state index in [0.29, 0.717) is 56.3 Å². The number of fused-ring (bicyclic) bond motifs is 12. The lowest BCUT2D eigenvalue weighted by Crippen LogP contribution is -2.53. The van der Waals surface area contributed by atoms with Crippen molar-refractivity contribution in [3.05, 3.63) is 259 Å². The number of ketones is 1. The van der Waals surface area contributed by atoms with Gasteiger partial charge in [0.2, 0.25) is 10.0 Å².